The Labute approximate surface area is 131 Å². The summed E-state index contributed by atoms with van der Waals surface area (Å²) in [5.41, 5.74) is 0. The van der Waals surface area contributed by atoms with Gasteiger partial charge in [-0.3, -0.25) is 0 Å². The molecule has 1 aliphatic carbocycles. The van der Waals surface area contributed by atoms with Gasteiger partial charge in [-0.1, -0.05) is 27.2 Å². The third-order valence-corrected chi connectivity index (χ3v) is 5.46. The van der Waals surface area contributed by atoms with E-state index in [1.165, 1.54) is 44.9 Å². The first-order chi connectivity index (χ1) is 10.1. The summed E-state index contributed by atoms with van der Waals surface area (Å²) >= 11 is 0. The first-order valence-electron chi connectivity index (χ1n) is 9.17. The van der Waals surface area contributed by atoms with E-state index in [0.717, 1.165) is 25.0 Å². The molecule has 1 heterocycles. The van der Waals surface area contributed by atoms with Crippen molar-refractivity contribution in [3.8, 4) is 0 Å². The van der Waals surface area contributed by atoms with Crippen molar-refractivity contribution in [2.75, 3.05) is 20.1 Å². The van der Waals surface area contributed by atoms with Crippen LogP contribution in [0.2, 0.25) is 0 Å². The molecule has 2 aliphatic rings. The lowest BCUT2D eigenvalue weighted by molar-refractivity contribution is 0.0148. The lowest BCUT2D eigenvalue weighted by Crippen LogP contribution is -2.40. The first kappa shape index (κ1) is 17.2. The van der Waals surface area contributed by atoms with E-state index in [9.17, 15) is 0 Å². The van der Waals surface area contributed by atoms with Gasteiger partial charge < -0.3 is 15.0 Å². The van der Waals surface area contributed by atoms with Crippen LogP contribution in [0.5, 0.6) is 0 Å². The molecular weight excluding hydrogens is 260 g/mol. The second kappa shape index (κ2) is 8.50. The summed E-state index contributed by atoms with van der Waals surface area (Å²) < 4.78 is 6.21. The Kier molecular flexibility index (Phi) is 6.97. The summed E-state index contributed by atoms with van der Waals surface area (Å²) in [5, 5.41) is 3.50. The lowest BCUT2D eigenvalue weighted by atomic mass is 9.84. The Hall–Kier alpha value is -0.120. The molecule has 1 saturated heterocycles. The Morgan fingerprint density at radius 1 is 1.05 bits per heavy atom. The molecule has 0 radical (unpaired) electrons. The van der Waals surface area contributed by atoms with Gasteiger partial charge in [0, 0.05) is 25.2 Å². The van der Waals surface area contributed by atoms with E-state index in [4.69, 9.17) is 4.74 Å². The van der Waals surface area contributed by atoms with Crippen LogP contribution in [-0.2, 0) is 4.74 Å². The first-order valence-corrected chi connectivity index (χ1v) is 9.17. The zero-order valence-corrected chi connectivity index (χ0v) is 14.6. The van der Waals surface area contributed by atoms with E-state index in [1.807, 2.05) is 0 Å². The topological polar surface area (TPSA) is 24.5 Å². The molecule has 3 nitrogen and oxygen atoms in total. The van der Waals surface area contributed by atoms with Crippen LogP contribution in [0, 0.1) is 5.92 Å². The van der Waals surface area contributed by atoms with Crippen molar-refractivity contribution in [1.82, 2.24) is 10.2 Å². The Balaban J connectivity index is 1.66. The Bertz CT molecular complexity index is 287. The molecule has 3 heteroatoms. The van der Waals surface area contributed by atoms with E-state index in [-0.39, 0.29) is 0 Å². The highest BCUT2D eigenvalue weighted by molar-refractivity contribution is 4.82. The minimum atomic E-state index is 0.432. The van der Waals surface area contributed by atoms with Gasteiger partial charge in [0.25, 0.3) is 0 Å². The van der Waals surface area contributed by atoms with Gasteiger partial charge in [0.1, 0.15) is 0 Å². The largest absolute Gasteiger partial charge is 0.372 e. The SMILES string of the molecule is CCC1CCC(N(C)CC2CCC(CNC(C)C)O2)CC1. The van der Waals surface area contributed by atoms with Crippen LogP contribution >= 0.6 is 0 Å². The van der Waals surface area contributed by atoms with Crippen molar-refractivity contribution in [1.29, 1.82) is 0 Å². The average molecular weight is 296 g/mol. The zero-order valence-electron chi connectivity index (χ0n) is 14.6. The molecule has 2 rings (SSSR count). The van der Waals surface area contributed by atoms with Crippen LogP contribution in [-0.4, -0.2) is 49.3 Å². The van der Waals surface area contributed by atoms with Gasteiger partial charge in [-0.2, -0.15) is 0 Å². The molecule has 1 N–H and O–H groups in total. The highest BCUT2D eigenvalue weighted by atomic mass is 16.5. The van der Waals surface area contributed by atoms with Crippen molar-refractivity contribution in [3.05, 3.63) is 0 Å². The van der Waals surface area contributed by atoms with Crippen molar-refractivity contribution < 1.29 is 4.74 Å². The van der Waals surface area contributed by atoms with Crippen LogP contribution in [0.25, 0.3) is 0 Å². The van der Waals surface area contributed by atoms with Gasteiger partial charge in [0.2, 0.25) is 0 Å². The van der Waals surface area contributed by atoms with Crippen LogP contribution in [0.4, 0.5) is 0 Å². The minimum absolute atomic E-state index is 0.432. The quantitative estimate of drug-likeness (QED) is 0.779. The molecule has 0 amide bonds. The predicted octanol–water partition coefficient (Wildman–Crippen LogP) is 3.43. The average Bonchev–Trinajstić information content (AvgIpc) is 2.92. The molecule has 124 valence electrons. The number of hydrogen-bond acceptors (Lipinski definition) is 3. The van der Waals surface area contributed by atoms with Crippen molar-refractivity contribution in [2.24, 2.45) is 5.92 Å². The maximum atomic E-state index is 6.21. The standard InChI is InChI=1S/C18H36N2O/c1-5-15-6-8-16(9-7-15)20(4)13-18-11-10-17(21-18)12-19-14(2)3/h14-19H,5-13H2,1-4H3. The minimum Gasteiger partial charge on any atom is -0.372 e. The van der Waals surface area contributed by atoms with Gasteiger partial charge in [-0.05, 0) is 51.5 Å². The van der Waals surface area contributed by atoms with Crippen LogP contribution in [0.15, 0.2) is 0 Å². The third-order valence-electron chi connectivity index (χ3n) is 5.46. The maximum Gasteiger partial charge on any atom is 0.0707 e. The highest BCUT2D eigenvalue weighted by Gasteiger charge is 2.29. The van der Waals surface area contributed by atoms with Crippen LogP contribution in [0.3, 0.4) is 0 Å². The third kappa shape index (κ3) is 5.54. The number of likely N-dealkylation sites (N-methyl/N-ethyl adjacent to an activating group) is 1. The van der Waals surface area contributed by atoms with E-state index >= 15 is 0 Å². The molecule has 1 saturated carbocycles. The second-order valence-corrected chi connectivity index (χ2v) is 7.54. The van der Waals surface area contributed by atoms with Gasteiger partial charge in [0.15, 0.2) is 0 Å². The summed E-state index contributed by atoms with van der Waals surface area (Å²) in [4.78, 5) is 2.58. The van der Waals surface area contributed by atoms with Crippen LogP contribution < -0.4 is 5.32 Å². The summed E-state index contributed by atoms with van der Waals surface area (Å²) in [7, 11) is 2.31. The fourth-order valence-electron chi connectivity index (χ4n) is 3.90. The smallest absolute Gasteiger partial charge is 0.0707 e. The molecule has 1 aliphatic heterocycles. The van der Waals surface area contributed by atoms with Gasteiger partial charge >= 0.3 is 0 Å². The predicted molar refractivity (Wildman–Crippen MR) is 89.7 cm³/mol. The van der Waals surface area contributed by atoms with E-state index < -0.39 is 0 Å². The molecular formula is C18H36N2O. The molecule has 2 unspecified atom stereocenters. The number of ether oxygens (including phenoxy) is 1. The van der Waals surface area contributed by atoms with Gasteiger partial charge in [-0.25, -0.2) is 0 Å². The molecule has 0 bridgehead atoms. The van der Waals surface area contributed by atoms with Crippen LogP contribution in [0.1, 0.15) is 65.7 Å². The normalized spacial score (nSPS) is 34.0. The number of nitrogens with zero attached hydrogens (tertiary/aromatic N) is 1. The zero-order chi connectivity index (χ0) is 15.2. The monoisotopic (exact) mass is 296 g/mol. The molecule has 0 aromatic heterocycles. The number of rotatable bonds is 7. The fraction of sp³-hybridized carbons (Fsp3) is 1.00. The molecule has 0 spiro atoms. The fourth-order valence-corrected chi connectivity index (χ4v) is 3.90. The number of hydrogen-bond donors (Lipinski definition) is 1. The highest BCUT2D eigenvalue weighted by Crippen LogP contribution is 2.30. The molecule has 0 aromatic carbocycles. The van der Waals surface area contributed by atoms with E-state index in [2.05, 4.69) is 38.0 Å². The summed E-state index contributed by atoms with van der Waals surface area (Å²) in [6, 6.07) is 1.35. The van der Waals surface area contributed by atoms with Crippen molar-refractivity contribution in [3.63, 3.8) is 0 Å². The molecule has 2 fully saturated rings. The summed E-state index contributed by atoms with van der Waals surface area (Å²) in [6.07, 6.45) is 10.3. The molecule has 21 heavy (non-hydrogen) atoms. The number of nitrogens with one attached hydrogen (secondary N) is 1. The van der Waals surface area contributed by atoms with Gasteiger partial charge in [-0.15, -0.1) is 0 Å². The van der Waals surface area contributed by atoms with Crippen molar-refractivity contribution >= 4 is 0 Å². The second-order valence-electron chi connectivity index (χ2n) is 7.54. The molecule has 0 aromatic rings. The van der Waals surface area contributed by atoms with Crippen molar-refractivity contribution in [2.45, 2.75) is 90.0 Å². The Morgan fingerprint density at radius 2 is 1.71 bits per heavy atom. The van der Waals surface area contributed by atoms with Gasteiger partial charge in [0.05, 0.1) is 12.2 Å². The lowest BCUT2D eigenvalue weighted by Gasteiger charge is -2.35. The Morgan fingerprint density at radius 3 is 2.33 bits per heavy atom. The van der Waals surface area contributed by atoms with E-state index in [1.54, 1.807) is 0 Å². The summed E-state index contributed by atoms with van der Waals surface area (Å²) in [6.45, 7) is 8.88. The summed E-state index contributed by atoms with van der Waals surface area (Å²) in [5.74, 6) is 0.990. The van der Waals surface area contributed by atoms with E-state index in [0.29, 0.717) is 18.2 Å². The molecule has 2 atom stereocenters. The maximum absolute atomic E-state index is 6.21.